The van der Waals surface area contributed by atoms with Gasteiger partial charge in [-0.15, -0.1) is 0 Å². The van der Waals surface area contributed by atoms with E-state index in [1.165, 1.54) is 6.42 Å². The van der Waals surface area contributed by atoms with Crippen molar-refractivity contribution in [3.8, 4) is 0 Å². The number of sulfonamides is 1. The third-order valence-corrected chi connectivity index (χ3v) is 5.67. The van der Waals surface area contributed by atoms with Crippen LogP contribution in [0.15, 0.2) is 29.2 Å². The lowest BCUT2D eigenvalue weighted by molar-refractivity contribution is 0.364. The molecule has 1 N–H and O–H groups in total. The molecular formula is C15H24N2O2S. The van der Waals surface area contributed by atoms with E-state index >= 15 is 0 Å². The van der Waals surface area contributed by atoms with Gasteiger partial charge in [0, 0.05) is 19.6 Å². The Hall–Kier alpha value is -0.910. The highest BCUT2D eigenvalue weighted by Crippen LogP contribution is 2.20. The van der Waals surface area contributed by atoms with E-state index in [9.17, 15) is 8.42 Å². The van der Waals surface area contributed by atoms with Gasteiger partial charge >= 0.3 is 0 Å². The van der Waals surface area contributed by atoms with E-state index in [0.29, 0.717) is 18.0 Å². The van der Waals surface area contributed by atoms with Gasteiger partial charge in [0.25, 0.3) is 0 Å². The molecule has 1 aromatic rings. The van der Waals surface area contributed by atoms with Crippen molar-refractivity contribution in [2.75, 3.05) is 20.1 Å². The van der Waals surface area contributed by atoms with Crippen LogP contribution < -0.4 is 5.32 Å². The molecule has 0 unspecified atom stereocenters. The van der Waals surface area contributed by atoms with Crippen LogP contribution >= 0.6 is 0 Å². The fourth-order valence-corrected chi connectivity index (χ4v) is 4.11. The van der Waals surface area contributed by atoms with Crippen molar-refractivity contribution in [3.05, 3.63) is 29.8 Å². The van der Waals surface area contributed by atoms with Crippen molar-refractivity contribution in [2.45, 2.75) is 43.5 Å². The first kappa shape index (κ1) is 15.5. The molecule has 0 bridgehead atoms. The monoisotopic (exact) mass is 296 g/mol. The summed E-state index contributed by atoms with van der Waals surface area (Å²) in [6.45, 7) is 2.06. The van der Waals surface area contributed by atoms with E-state index in [1.54, 1.807) is 16.4 Å². The first-order chi connectivity index (χ1) is 9.64. The van der Waals surface area contributed by atoms with Crippen molar-refractivity contribution < 1.29 is 8.42 Å². The Bertz CT molecular complexity index is 503. The van der Waals surface area contributed by atoms with Gasteiger partial charge in [0.05, 0.1) is 4.90 Å². The molecule has 0 spiro atoms. The van der Waals surface area contributed by atoms with Crippen LogP contribution in [0.1, 0.15) is 37.7 Å². The molecule has 1 aliphatic heterocycles. The van der Waals surface area contributed by atoms with E-state index < -0.39 is 10.0 Å². The molecule has 1 saturated heterocycles. The lowest BCUT2D eigenvalue weighted by atomic mass is 10.1. The second-order valence-electron chi connectivity index (χ2n) is 5.35. The van der Waals surface area contributed by atoms with Crippen LogP contribution in [0.3, 0.4) is 0 Å². The quantitative estimate of drug-likeness (QED) is 0.928. The summed E-state index contributed by atoms with van der Waals surface area (Å²) < 4.78 is 26.9. The largest absolute Gasteiger partial charge is 0.316 e. The molecule has 1 aliphatic rings. The Morgan fingerprint density at radius 2 is 1.55 bits per heavy atom. The minimum Gasteiger partial charge on any atom is -0.316 e. The van der Waals surface area contributed by atoms with Crippen molar-refractivity contribution in [3.63, 3.8) is 0 Å². The lowest BCUT2D eigenvalue weighted by Gasteiger charge is -2.24. The number of benzene rings is 1. The van der Waals surface area contributed by atoms with Crippen molar-refractivity contribution in [1.82, 2.24) is 9.62 Å². The highest BCUT2D eigenvalue weighted by molar-refractivity contribution is 7.89. The third kappa shape index (κ3) is 3.81. The Morgan fingerprint density at radius 1 is 1.00 bits per heavy atom. The molecule has 0 aromatic heterocycles. The highest BCUT2D eigenvalue weighted by atomic mass is 32.2. The fraction of sp³-hybridized carbons (Fsp3) is 0.600. The van der Waals surface area contributed by atoms with Crippen LogP contribution in [0, 0.1) is 0 Å². The van der Waals surface area contributed by atoms with Gasteiger partial charge < -0.3 is 5.32 Å². The number of hydrogen-bond donors (Lipinski definition) is 1. The van der Waals surface area contributed by atoms with Crippen LogP contribution in [0.2, 0.25) is 0 Å². The molecule has 1 aromatic carbocycles. The van der Waals surface area contributed by atoms with Crippen molar-refractivity contribution in [1.29, 1.82) is 0 Å². The molecule has 0 aliphatic carbocycles. The summed E-state index contributed by atoms with van der Waals surface area (Å²) in [5.41, 5.74) is 1.10. The molecule has 20 heavy (non-hydrogen) atoms. The molecular weight excluding hydrogens is 272 g/mol. The van der Waals surface area contributed by atoms with Crippen LogP contribution in [0.25, 0.3) is 0 Å². The fourth-order valence-electron chi connectivity index (χ4n) is 2.59. The van der Waals surface area contributed by atoms with Gasteiger partial charge in [-0.25, -0.2) is 8.42 Å². The molecule has 1 heterocycles. The SMILES string of the molecule is CNCc1ccc(S(=O)(=O)N2CCCCCCC2)cc1. The minimum absolute atomic E-state index is 0.415. The lowest BCUT2D eigenvalue weighted by Crippen LogP contribution is -2.33. The minimum atomic E-state index is -3.32. The first-order valence-electron chi connectivity index (χ1n) is 7.38. The summed E-state index contributed by atoms with van der Waals surface area (Å²) in [5, 5.41) is 3.06. The maximum atomic E-state index is 12.6. The van der Waals surface area contributed by atoms with Crippen LogP contribution in [-0.2, 0) is 16.6 Å². The van der Waals surface area contributed by atoms with E-state index in [-0.39, 0.29) is 0 Å². The number of hydrogen-bond acceptors (Lipinski definition) is 3. The third-order valence-electron chi connectivity index (χ3n) is 3.76. The van der Waals surface area contributed by atoms with Crippen LogP contribution in [0.4, 0.5) is 0 Å². The Balaban J connectivity index is 2.15. The number of rotatable bonds is 4. The van der Waals surface area contributed by atoms with Gasteiger partial charge in [-0.2, -0.15) is 4.31 Å². The molecule has 1 fully saturated rings. The standard InChI is InChI=1S/C15H24N2O2S/c1-16-13-14-7-9-15(10-8-14)20(18,19)17-11-5-3-2-4-6-12-17/h7-10,16H,2-6,11-13H2,1H3. The summed E-state index contributed by atoms with van der Waals surface area (Å²) >= 11 is 0. The molecule has 0 radical (unpaired) electrons. The van der Waals surface area contributed by atoms with E-state index in [0.717, 1.165) is 37.8 Å². The average Bonchev–Trinajstić information content (AvgIpc) is 2.39. The molecule has 4 nitrogen and oxygen atoms in total. The molecule has 5 heteroatoms. The zero-order chi connectivity index (χ0) is 14.4. The Labute approximate surface area is 122 Å². The second kappa shape index (κ2) is 7.20. The van der Waals surface area contributed by atoms with E-state index in [1.807, 2.05) is 19.2 Å². The average molecular weight is 296 g/mol. The predicted octanol–water partition coefficient (Wildman–Crippen LogP) is 2.36. The smallest absolute Gasteiger partial charge is 0.243 e. The van der Waals surface area contributed by atoms with Crippen LogP contribution in [-0.4, -0.2) is 32.9 Å². The first-order valence-corrected chi connectivity index (χ1v) is 8.82. The molecule has 2 rings (SSSR count). The van der Waals surface area contributed by atoms with Gasteiger partial charge in [0.2, 0.25) is 10.0 Å². The maximum absolute atomic E-state index is 12.6. The van der Waals surface area contributed by atoms with Gasteiger partial charge in [-0.05, 0) is 37.6 Å². The van der Waals surface area contributed by atoms with Gasteiger partial charge in [-0.1, -0.05) is 31.4 Å². The zero-order valence-electron chi connectivity index (χ0n) is 12.1. The van der Waals surface area contributed by atoms with Crippen molar-refractivity contribution >= 4 is 10.0 Å². The predicted molar refractivity (Wildman–Crippen MR) is 81.0 cm³/mol. The highest BCUT2D eigenvalue weighted by Gasteiger charge is 2.24. The summed E-state index contributed by atoms with van der Waals surface area (Å²) in [5.74, 6) is 0. The second-order valence-corrected chi connectivity index (χ2v) is 7.28. The molecule has 0 atom stereocenters. The topological polar surface area (TPSA) is 49.4 Å². The maximum Gasteiger partial charge on any atom is 0.243 e. The molecule has 112 valence electrons. The van der Waals surface area contributed by atoms with Gasteiger partial charge in [-0.3, -0.25) is 0 Å². The Kier molecular flexibility index (Phi) is 5.57. The number of nitrogens with one attached hydrogen (secondary N) is 1. The summed E-state index contributed by atoms with van der Waals surface area (Å²) in [6, 6.07) is 7.21. The van der Waals surface area contributed by atoms with E-state index in [2.05, 4.69) is 5.32 Å². The summed E-state index contributed by atoms with van der Waals surface area (Å²) in [6.07, 6.45) is 5.43. The normalized spacial score (nSPS) is 18.4. The molecule has 0 saturated carbocycles. The Morgan fingerprint density at radius 3 is 2.10 bits per heavy atom. The van der Waals surface area contributed by atoms with Gasteiger partial charge in [0.1, 0.15) is 0 Å². The van der Waals surface area contributed by atoms with E-state index in [4.69, 9.17) is 0 Å². The summed E-state index contributed by atoms with van der Waals surface area (Å²) in [7, 11) is -1.44. The number of nitrogens with zero attached hydrogens (tertiary/aromatic N) is 1. The molecule has 0 amide bonds. The van der Waals surface area contributed by atoms with Crippen molar-refractivity contribution in [2.24, 2.45) is 0 Å². The zero-order valence-corrected chi connectivity index (χ0v) is 13.0. The summed E-state index contributed by atoms with van der Waals surface area (Å²) in [4.78, 5) is 0.415. The van der Waals surface area contributed by atoms with Crippen LogP contribution in [0.5, 0.6) is 0 Å². The van der Waals surface area contributed by atoms with Gasteiger partial charge in [0.15, 0.2) is 0 Å².